The molecule has 2 nitrogen and oxygen atoms in total. The van der Waals surface area contributed by atoms with Gasteiger partial charge >= 0.3 is 5.97 Å². The molecule has 1 saturated carbocycles. The number of benzene rings is 1. The van der Waals surface area contributed by atoms with Gasteiger partial charge in [-0.15, -0.1) is 0 Å². The molecule has 1 aliphatic rings. The molecule has 108 valence electrons. The van der Waals surface area contributed by atoms with E-state index in [-0.39, 0.29) is 5.97 Å². The fraction of sp³-hybridized carbons (Fsp3) is 0.500. The maximum absolute atomic E-state index is 11.6. The van der Waals surface area contributed by atoms with Crippen molar-refractivity contribution in [2.24, 2.45) is 5.92 Å². The Bertz CT molecular complexity index is 416. The molecule has 0 aliphatic heterocycles. The van der Waals surface area contributed by atoms with Gasteiger partial charge in [-0.2, -0.15) is 0 Å². The molecule has 0 spiro atoms. The number of ether oxygens (including phenoxy) is 1. The van der Waals surface area contributed by atoms with Gasteiger partial charge in [0, 0.05) is 6.42 Å². The molecular weight excluding hydrogens is 248 g/mol. The van der Waals surface area contributed by atoms with Gasteiger partial charge in [-0.25, -0.2) is 0 Å². The molecule has 0 N–H and O–H groups in total. The third-order valence-electron chi connectivity index (χ3n) is 3.84. The Hall–Kier alpha value is -1.57. The zero-order valence-corrected chi connectivity index (χ0v) is 12.1. The highest BCUT2D eigenvalue weighted by Gasteiger charge is 2.09. The lowest BCUT2D eigenvalue weighted by Gasteiger charge is -2.17. The second-order valence-corrected chi connectivity index (χ2v) is 5.49. The molecule has 1 aromatic carbocycles. The summed E-state index contributed by atoms with van der Waals surface area (Å²) in [6.45, 7) is 0.472. The minimum atomic E-state index is -0.118. The lowest BCUT2D eigenvalue weighted by atomic mass is 9.89. The fourth-order valence-electron chi connectivity index (χ4n) is 2.67. The molecule has 1 aliphatic carbocycles. The van der Waals surface area contributed by atoms with Gasteiger partial charge in [0.15, 0.2) is 0 Å². The molecule has 0 atom stereocenters. The number of allylic oxidation sites excluding steroid dienone is 1. The summed E-state index contributed by atoms with van der Waals surface area (Å²) in [5.41, 5.74) is 1.21. The summed E-state index contributed by atoms with van der Waals surface area (Å²) in [6, 6.07) is 10.1. The monoisotopic (exact) mass is 272 g/mol. The van der Waals surface area contributed by atoms with Crippen molar-refractivity contribution in [3.63, 3.8) is 0 Å². The maximum atomic E-state index is 11.6. The molecular formula is C18H24O2. The second-order valence-electron chi connectivity index (χ2n) is 5.49. The van der Waals surface area contributed by atoms with Crippen molar-refractivity contribution in [3.05, 3.63) is 48.0 Å². The van der Waals surface area contributed by atoms with E-state index in [1.54, 1.807) is 0 Å². The molecule has 0 saturated heterocycles. The molecule has 2 heteroatoms. The van der Waals surface area contributed by atoms with E-state index in [4.69, 9.17) is 4.74 Å². The number of hydrogen-bond donors (Lipinski definition) is 0. The van der Waals surface area contributed by atoms with Crippen molar-refractivity contribution in [2.45, 2.75) is 44.9 Å². The van der Waals surface area contributed by atoms with Crippen molar-refractivity contribution < 1.29 is 9.53 Å². The number of carbonyl (C=O) groups excluding carboxylic acids is 1. The average Bonchev–Trinajstić information content (AvgIpc) is 2.49. The highest BCUT2D eigenvalue weighted by Crippen LogP contribution is 2.24. The highest BCUT2D eigenvalue weighted by atomic mass is 16.5. The van der Waals surface area contributed by atoms with Crippen LogP contribution >= 0.6 is 0 Å². The van der Waals surface area contributed by atoms with E-state index in [2.05, 4.69) is 18.2 Å². The van der Waals surface area contributed by atoms with Crippen molar-refractivity contribution >= 4 is 5.97 Å². The third kappa shape index (κ3) is 5.60. The van der Waals surface area contributed by atoms with Gasteiger partial charge in [-0.3, -0.25) is 4.79 Å². The van der Waals surface area contributed by atoms with Crippen molar-refractivity contribution in [3.8, 4) is 0 Å². The first kappa shape index (κ1) is 14.8. The normalized spacial score (nSPS) is 16.4. The number of esters is 1. The molecule has 0 aromatic heterocycles. The van der Waals surface area contributed by atoms with Crippen LogP contribution in [0.5, 0.6) is 0 Å². The highest BCUT2D eigenvalue weighted by molar-refractivity contribution is 5.71. The topological polar surface area (TPSA) is 26.3 Å². The van der Waals surface area contributed by atoms with Crippen LogP contribution in [0.3, 0.4) is 0 Å². The van der Waals surface area contributed by atoms with Crippen LogP contribution in [0.15, 0.2) is 42.5 Å². The predicted molar refractivity (Wildman–Crippen MR) is 81.4 cm³/mol. The van der Waals surface area contributed by atoms with E-state index in [1.807, 2.05) is 24.3 Å². The zero-order valence-electron chi connectivity index (χ0n) is 12.1. The maximum Gasteiger partial charge on any atom is 0.309 e. The van der Waals surface area contributed by atoms with Gasteiger partial charge in [0.1, 0.15) is 0 Å². The van der Waals surface area contributed by atoms with E-state index >= 15 is 0 Å². The number of rotatable bonds is 6. The van der Waals surface area contributed by atoms with E-state index in [0.29, 0.717) is 18.9 Å². The summed E-state index contributed by atoms with van der Waals surface area (Å²) in [7, 11) is 0. The van der Waals surface area contributed by atoms with Gasteiger partial charge in [-0.1, -0.05) is 61.7 Å². The summed E-state index contributed by atoms with van der Waals surface area (Å²) >= 11 is 0. The second kappa shape index (κ2) is 8.57. The Morgan fingerprint density at radius 3 is 2.65 bits per heavy atom. The molecule has 0 heterocycles. The summed E-state index contributed by atoms with van der Waals surface area (Å²) in [6.07, 6.45) is 12.0. The molecule has 20 heavy (non-hydrogen) atoms. The Kier molecular flexibility index (Phi) is 6.36. The van der Waals surface area contributed by atoms with Crippen LogP contribution in [0.25, 0.3) is 0 Å². The van der Waals surface area contributed by atoms with Crippen molar-refractivity contribution in [1.29, 1.82) is 0 Å². The molecule has 2 rings (SSSR count). The largest absolute Gasteiger partial charge is 0.465 e. The van der Waals surface area contributed by atoms with E-state index in [0.717, 1.165) is 6.42 Å². The Morgan fingerprint density at radius 2 is 1.90 bits per heavy atom. The van der Waals surface area contributed by atoms with Crippen LogP contribution in [-0.2, 0) is 16.0 Å². The Balaban J connectivity index is 1.59. The van der Waals surface area contributed by atoms with Crippen LogP contribution in [0.4, 0.5) is 0 Å². The van der Waals surface area contributed by atoms with Crippen LogP contribution in [0.2, 0.25) is 0 Å². The summed E-state index contributed by atoms with van der Waals surface area (Å²) in [5.74, 6) is 0.564. The van der Waals surface area contributed by atoms with Crippen LogP contribution < -0.4 is 0 Å². The average molecular weight is 272 g/mol. The van der Waals surface area contributed by atoms with Crippen molar-refractivity contribution in [2.75, 3.05) is 6.61 Å². The van der Waals surface area contributed by atoms with Gasteiger partial charge in [0.25, 0.3) is 0 Å². The van der Waals surface area contributed by atoms with Gasteiger partial charge in [-0.05, 0) is 24.3 Å². The Labute approximate surface area is 121 Å². The number of hydrogen-bond acceptors (Lipinski definition) is 2. The third-order valence-corrected chi connectivity index (χ3v) is 3.84. The first-order valence-corrected chi connectivity index (χ1v) is 7.71. The quantitative estimate of drug-likeness (QED) is 0.570. The summed E-state index contributed by atoms with van der Waals surface area (Å²) in [4.78, 5) is 11.6. The summed E-state index contributed by atoms with van der Waals surface area (Å²) in [5, 5.41) is 0. The van der Waals surface area contributed by atoms with Crippen molar-refractivity contribution in [1.82, 2.24) is 0 Å². The predicted octanol–water partition coefficient (Wildman–Crippen LogP) is 4.30. The van der Waals surface area contributed by atoms with Gasteiger partial charge < -0.3 is 4.74 Å². The minimum Gasteiger partial charge on any atom is -0.465 e. The van der Waals surface area contributed by atoms with Gasteiger partial charge in [0.05, 0.1) is 13.0 Å². The van der Waals surface area contributed by atoms with E-state index < -0.39 is 0 Å². The molecule has 1 aromatic rings. The zero-order chi connectivity index (χ0) is 14.0. The smallest absolute Gasteiger partial charge is 0.309 e. The van der Waals surface area contributed by atoms with E-state index in [1.165, 1.54) is 37.7 Å². The standard InChI is InChI=1S/C18H24O2/c19-18(13-7-12-16-8-3-1-4-9-16)20-15-14-17-10-5-2-6-11-17/h2,5-7,10-12,16H,1,3-4,8-9,13-15H2/b12-7+. The molecule has 0 bridgehead atoms. The SMILES string of the molecule is O=C(C/C=C/C1CCCCC1)OCCc1ccccc1. The van der Waals surface area contributed by atoms with Crippen LogP contribution in [0, 0.1) is 5.92 Å². The molecule has 0 unspecified atom stereocenters. The summed E-state index contributed by atoms with van der Waals surface area (Å²) < 4.78 is 5.25. The molecule has 0 amide bonds. The minimum absolute atomic E-state index is 0.118. The van der Waals surface area contributed by atoms with Crippen LogP contribution in [0.1, 0.15) is 44.1 Å². The van der Waals surface area contributed by atoms with Gasteiger partial charge in [0.2, 0.25) is 0 Å². The number of carbonyl (C=O) groups is 1. The molecule has 1 fully saturated rings. The lowest BCUT2D eigenvalue weighted by molar-refractivity contribution is -0.142. The first-order chi connectivity index (χ1) is 9.84. The van der Waals surface area contributed by atoms with Crippen LogP contribution in [-0.4, -0.2) is 12.6 Å². The lowest BCUT2D eigenvalue weighted by Crippen LogP contribution is -2.07. The van der Waals surface area contributed by atoms with E-state index in [9.17, 15) is 4.79 Å². The molecule has 0 radical (unpaired) electrons. The Morgan fingerprint density at radius 1 is 1.15 bits per heavy atom. The first-order valence-electron chi connectivity index (χ1n) is 7.71. The fourth-order valence-corrected chi connectivity index (χ4v) is 2.67.